The molecule has 0 bridgehead atoms. The van der Waals surface area contributed by atoms with Crippen molar-refractivity contribution in [1.82, 2.24) is 10.2 Å². The SMILES string of the molecule is CC(=O)N/C(=C/c1ccccc1)C(=O)N(C(C)C)C(C)C. The van der Waals surface area contributed by atoms with Crippen molar-refractivity contribution in [2.75, 3.05) is 0 Å². The minimum absolute atomic E-state index is 0.0606. The predicted molar refractivity (Wildman–Crippen MR) is 85.4 cm³/mol. The van der Waals surface area contributed by atoms with Crippen molar-refractivity contribution in [2.45, 2.75) is 46.7 Å². The molecule has 2 amide bonds. The fourth-order valence-electron chi connectivity index (χ4n) is 2.26. The van der Waals surface area contributed by atoms with Crippen LogP contribution in [0, 0.1) is 0 Å². The van der Waals surface area contributed by atoms with Crippen LogP contribution in [0.25, 0.3) is 6.08 Å². The van der Waals surface area contributed by atoms with Crippen molar-refractivity contribution in [3.63, 3.8) is 0 Å². The van der Waals surface area contributed by atoms with Gasteiger partial charge in [0.1, 0.15) is 5.70 Å². The van der Waals surface area contributed by atoms with Crippen molar-refractivity contribution in [3.8, 4) is 0 Å². The Kier molecular flexibility index (Phi) is 6.15. The van der Waals surface area contributed by atoms with Crippen LogP contribution in [-0.2, 0) is 9.59 Å². The number of rotatable bonds is 5. The molecule has 1 aromatic carbocycles. The number of hydrogen-bond donors (Lipinski definition) is 1. The van der Waals surface area contributed by atoms with Crippen LogP contribution in [0.2, 0.25) is 0 Å². The third-order valence-electron chi connectivity index (χ3n) is 3.00. The van der Waals surface area contributed by atoms with Crippen molar-refractivity contribution in [1.29, 1.82) is 0 Å². The predicted octanol–water partition coefficient (Wildman–Crippen LogP) is 2.81. The molecular formula is C17H24N2O2. The standard InChI is InChI=1S/C17H24N2O2/c1-12(2)19(13(3)4)17(21)16(18-14(5)20)11-15-9-7-6-8-10-15/h6-13H,1-5H3,(H,18,20)/b16-11+. The number of carbonyl (C=O) groups excluding carboxylic acids is 2. The summed E-state index contributed by atoms with van der Waals surface area (Å²) in [5.41, 5.74) is 1.18. The molecule has 114 valence electrons. The molecule has 21 heavy (non-hydrogen) atoms. The van der Waals surface area contributed by atoms with Gasteiger partial charge in [0.25, 0.3) is 5.91 Å². The van der Waals surface area contributed by atoms with Gasteiger partial charge in [-0.15, -0.1) is 0 Å². The molecule has 1 aromatic rings. The molecular weight excluding hydrogens is 264 g/mol. The zero-order valence-electron chi connectivity index (χ0n) is 13.4. The molecule has 0 fully saturated rings. The van der Waals surface area contributed by atoms with Gasteiger partial charge in [-0.3, -0.25) is 9.59 Å². The van der Waals surface area contributed by atoms with Gasteiger partial charge >= 0.3 is 0 Å². The molecule has 0 aliphatic heterocycles. The molecule has 0 heterocycles. The molecule has 4 heteroatoms. The Morgan fingerprint density at radius 2 is 1.57 bits per heavy atom. The van der Waals surface area contributed by atoms with Crippen molar-refractivity contribution in [3.05, 3.63) is 41.6 Å². The van der Waals surface area contributed by atoms with Gasteiger partial charge in [0.15, 0.2) is 0 Å². The highest BCUT2D eigenvalue weighted by atomic mass is 16.2. The van der Waals surface area contributed by atoms with Crippen LogP contribution in [0.3, 0.4) is 0 Å². The summed E-state index contributed by atoms with van der Waals surface area (Å²) < 4.78 is 0. The average Bonchev–Trinajstić information content (AvgIpc) is 2.37. The fraction of sp³-hybridized carbons (Fsp3) is 0.412. The largest absolute Gasteiger partial charge is 0.333 e. The maximum Gasteiger partial charge on any atom is 0.270 e. The summed E-state index contributed by atoms with van der Waals surface area (Å²) in [5.74, 6) is -0.419. The van der Waals surface area contributed by atoms with Gasteiger partial charge in [-0.05, 0) is 39.3 Å². The number of nitrogens with one attached hydrogen (secondary N) is 1. The molecule has 0 saturated carbocycles. The highest BCUT2D eigenvalue weighted by Gasteiger charge is 2.24. The minimum Gasteiger partial charge on any atom is -0.333 e. The van der Waals surface area contributed by atoms with Gasteiger partial charge in [-0.1, -0.05) is 30.3 Å². The number of hydrogen-bond acceptors (Lipinski definition) is 2. The molecule has 0 aliphatic carbocycles. The summed E-state index contributed by atoms with van der Waals surface area (Å²) in [7, 11) is 0. The minimum atomic E-state index is -0.252. The van der Waals surface area contributed by atoms with E-state index in [2.05, 4.69) is 5.32 Å². The smallest absolute Gasteiger partial charge is 0.270 e. The molecule has 0 aliphatic rings. The quantitative estimate of drug-likeness (QED) is 0.847. The van der Waals surface area contributed by atoms with E-state index in [0.29, 0.717) is 5.70 Å². The summed E-state index contributed by atoms with van der Waals surface area (Å²) in [4.78, 5) is 25.9. The van der Waals surface area contributed by atoms with Crippen LogP contribution in [0.15, 0.2) is 36.0 Å². The van der Waals surface area contributed by atoms with Gasteiger partial charge in [-0.25, -0.2) is 0 Å². The number of nitrogens with zero attached hydrogens (tertiary/aromatic N) is 1. The van der Waals surface area contributed by atoms with E-state index in [9.17, 15) is 9.59 Å². The summed E-state index contributed by atoms with van der Waals surface area (Å²) in [6.07, 6.45) is 1.71. The maximum atomic E-state index is 12.7. The van der Waals surface area contributed by atoms with Gasteiger partial charge in [0.05, 0.1) is 0 Å². The molecule has 0 saturated heterocycles. The third kappa shape index (κ3) is 5.06. The van der Waals surface area contributed by atoms with Gasteiger partial charge in [0.2, 0.25) is 5.91 Å². The highest BCUT2D eigenvalue weighted by Crippen LogP contribution is 2.13. The molecule has 1 N–H and O–H groups in total. The summed E-state index contributed by atoms with van der Waals surface area (Å²) in [6.45, 7) is 9.26. The molecule has 0 unspecified atom stereocenters. The third-order valence-corrected chi connectivity index (χ3v) is 3.00. The summed E-state index contributed by atoms with van der Waals surface area (Å²) >= 11 is 0. The molecule has 0 atom stereocenters. The Morgan fingerprint density at radius 1 is 1.05 bits per heavy atom. The van der Waals surface area contributed by atoms with Crippen molar-refractivity contribution < 1.29 is 9.59 Å². The van der Waals surface area contributed by atoms with E-state index < -0.39 is 0 Å². The van der Waals surface area contributed by atoms with Crippen LogP contribution in [0.5, 0.6) is 0 Å². The molecule has 4 nitrogen and oxygen atoms in total. The summed E-state index contributed by atoms with van der Waals surface area (Å²) in [6, 6.07) is 9.60. The number of benzene rings is 1. The number of amides is 2. The lowest BCUT2D eigenvalue weighted by Crippen LogP contribution is -2.45. The molecule has 0 aromatic heterocycles. The van der Waals surface area contributed by atoms with Crippen molar-refractivity contribution >= 4 is 17.9 Å². The van der Waals surface area contributed by atoms with Gasteiger partial charge in [-0.2, -0.15) is 0 Å². The van der Waals surface area contributed by atoms with Crippen LogP contribution < -0.4 is 5.32 Å². The topological polar surface area (TPSA) is 49.4 Å². The van der Waals surface area contributed by atoms with E-state index in [0.717, 1.165) is 5.56 Å². The second-order valence-electron chi connectivity index (χ2n) is 5.55. The van der Waals surface area contributed by atoms with E-state index in [4.69, 9.17) is 0 Å². The molecule has 1 rings (SSSR count). The lowest BCUT2D eigenvalue weighted by molar-refractivity contribution is -0.132. The Morgan fingerprint density at radius 3 is 2.00 bits per heavy atom. The second kappa shape index (κ2) is 7.62. The Balaban J connectivity index is 3.16. The zero-order chi connectivity index (χ0) is 16.0. The van der Waals surface area contributed by atoms with E-state index in [1.54, 1.807) is 11.0 Å². The van der Waals surface area contributed by atoms with E-state index in [-0.39, 0.29) is 23.9 Å². The first-order valence-electron chi connectivity index (χ1n) is 7.20. The molecule has 0 radical (unpaired) electrons. The van der Waals surface area contributed by atoms with E-state index >= 15 is 0 Å². The fourth-order valence-corrected chi connectivity index (χ4v) is 2.26. The Labute approximate surface area is 126 Å². The van der Waals surface area contributed by atoms with Crippen LogP contribution in [0.4, 0.5) is 0 Å². The number of carbonyl (C=O) groups is 2. The Hall–Kier alpha value is -2.10. The second-order valence-corrected chi connectivity index (χ2v) is 5.55. The van der Waals surface area contributed by atoms with Gasteiger partial charge < -0.3 is 10.2 Å². The molecule has 0 spiro atoms. The average molecular weight is 288 g/mol. The van der Waals surface area contributed by atoms with E-state index in [1.165, 1.54) is 6.92 Å². The van der Waals surface area contributed by atoms with Crippen LogP contribution in [0.1, 0.15) is 40.2 Å². The first kappa shape index (κ1) is 17.0. The monoisotopic (exact) mass is 288 g/mol. The first-order chi connectivity index (χ1) is 9.82. The van der Waals surface area contributed by atoms with E-state index in [1.807, 2.05) is 58.0 Å². The Bertz CT molecular complexity index is 511. The van der Waals surface area contributed by atoms with Crippen LogP contribution in [-0.4, -0.2) is 28.8 Å². The lowest BCUT2D eigenvalue weighted by atomic mass is 10.1. The normalized spacial score (nSPS) is 11.7. The highest BCUT2D eigenvalue weighted by molar-refractivity contribution is 6.01. The first-order valence-corrected chi connectivity index (χ1v) is 7.20. The summed E-state index contributed by atoms with van der Waals surface area (Å²) in [5, 5.41) is 2.65. The van der Waals surface area contributed by atoms with Gasteiger partial charge in [0, 0.05) is 19.0 Å². The zero-order valence-corrected chi connectivity index (χ0v) is 13.4. The lowest BCUT2D eigenvalue weighted by Gasteiger charge is -2.31. The van der Waals surface area contributed by atoms with Crippen LogP contribution >= 0.6 is 0 Å². The maximum absolute atomic E-state index is 12.7. The van der Waals surface area contributed by atoms with Crippen molar-refractivity contribution in [2.24, 2.45) is 0 Å².